The van der Waals surface area contributed by atoms with Gasteiger partial charge in [0.25, 0.3) is 5.91 Å². The Morgan fingerprint density at radius 3 is 2.48 bits per heavy atom. The van der Waals surface area contributed by atoms with E-state index in [2.05, 4.69) is 0 Å². The first-order valence-electron chi connectivity index (χ1n) is 15.6. The summed E-state index contributed by atoms with van der Waals surface area (Å²) >= 11 is 0. The van der Waals surface area contributed by atoms with Gasteiger partial charge >= 0.3 is 6.09 Å². The first kappa shape index (κ1) is 32.9. The molecule has 1 fully saturated rings. The number of piperidine rings is 1. The summed E-state index contributed by atoms with van der Waals surface area (Å²) in [5.41, 5.74) is 2.65. The minimum Gasteiger partial charge on any atom is -0.497 e. The second-order valence-corrected chi connectivity index (χ2v) is 11.3. The Labute approximate surface area is 269 Å². The van der Waals surface area contributed by atoms with E-state index in [1.807, 2.05) is 66.7 Å². The number of hydrogen-bond acceptors (Lipinski definition) is 8. The maximum absolute atomic E-state index is 12.6. The van der Waals surface area contributed by atoms with Crippen molar-refractivity contribution >= 4 is 17.7 Å². The topological polar surface area (TPSA) is 116 Å². The van der Waals surface area contributed by atoms with E-state index in [-0.39, 0.29) is 37.7 Å². The Kier molecular flexibility index (Phi) is 11.6. The fraction of sp³-hybridized carbons (Fsp3) is 0.429. The number of hydrogen-bond donors (Lipinski definition) is 1. The summed E-state index contributed by atoms with van der Waals surface area (Å²) in [6.07, 6.45) is 0.758. The molecule has 0 bridgehead atoms. The molecule has 1 saturated heterocycles. The zero-order valence-electron chi connectivity index (χ0n) is 26.4. The van der Waals surface area contributed by atoms with Crippen LogP contribution < -0.4 is 23.8 Å². The predicted molar refractivity (Wildman–Crippen MR) is 171 cm³/mol. The van der Waals surface area contributed by atoms with E-state index in [4.69, 9.17) is 28.4 Å². The molecule has 246 valence electrons. The zero-order valence-corrected chi connectivity index (χ0v) is 26.4. The van der Waals surface area contributed by atoms with Crippen molar-refractivity contribution in [3.63, 3.8) is 0 Å². The predicted octanol–water partition coefficient (Wildman–Crippen LogP) is 5.36. The van der Waals surface area contributed by atoms with E-state index in [1.54, 1.807) is 19.1 Å². The first-order chi connectivity index (χ1) is 22.4. The molecule has 2 unspecified atom stereocenters. The number of likely N-dealkylation sites (tertiary alicyclic amines) is 1. The van der Waals surface area contributed by atoms with Gasteiger partial charge in [-0.05, 0) is 60.4 Å². The van der Waals surface area contributed by atoms with Crippen molar-refractivity contribution in [1.29, 1.82) is 0 Å². The van der Waals surface area contributed by atoms with Crippen LogP contribution in [0.1, 0.15) is 36.3 Å². The van der Waals surface area contributed by atoms with Crippen molar-refractivity contribution < 1.29 is 43.1 Å². The molecule has 11 heteroatoms. The monoisotopic (exact) mass is 634 g/mol. The summed E-state index contributed by atoms with van der Waals surface area (Å²) in [5.74, 6) is 2.83. The van der Waals surface area contributed by atoms with Crippen LogP contribution in [0.4, 0.5) is 10.5 Å². The van der Waals surface area contributed by atoms with Crippen LogP contribution >= 0.6 is 0 Å². The maximum atomic E-state index is 12.6. The number of carbonyl (C=O) groups excluding carboxylic acids is 1. The smallest absolute Gasteiger partial charge is 0.407 e. The quantitative estimate of drug-likeness (QED) is 0.221. The van der Waals surface area contributed by atoms with Gasteiger partial charge in [-0.1, -0.05) is 24.3 Å². The lowest BCUT2D eigenvalue weighted by atomic mass is 9.87. The molecule has 3 aromatic rings. The molecule has 0 radical (unpaired) electrons. The van der Waals surface area contributed by atoms with Gasteiger partial charge in [-0.3, -0.25) is 4.79 Å². The lowest BCUT2D eigenvalue weighted by molar-refractivity contribution is -0.121. The third kappa shape index (κ3) is 8.61. The van der Waals surface area contributed by atoms with Gasteiger partial charge in [-0.25, -0.2) is 4.79 Å². The Hall–Kier alpha value is -4.48. The standard InChI is InChI=1S/C35H42N2O9/c1-41-17-4-15-37-31-20-25(8-13-32(31)46-24-34(37)38)23-45-33-22-36(35(39)40)16-14-30(33)26-9-11-27(12-10-26)43-18-5-19-44-29-7-3-6-28(21-29)42-2/h3,6-13,20-21,30,33H,4-5,14-19,22-24H2,1-2H3,(H,39,40). The molecule has 1 N–H and O–H groups in total. The molecule has 0 spiro atoms. The number of nitrogens with zero attached hydrogens (tertiary/aromatic N) is 2. The number of benzene rings is 3. The number of carbonyl (C=O) groups is 2. The molecule has 5 rings (SSSR count). The Bertz CT molecular complexity index is 1450. The van der Waals surface area contributed by atoms with Crippen LogP contribution in [-0.4, -0.2) is 88.4 Å². The van der Waals surface area contributed by atoms with Gasteiger partial charge in [-0.2, -0.15) is 0 Å². The minimum absolute atomic E-state index is 0.00706. The summed E-state index contributed by atoms with van der Waals surface area (Å²) in [6, 6.07) is 21.1. The van der Waals surface area contributed by atoms with E-state index in [1.165, 1.54) is 4.90 Å². The van der Waals surface area contributed by atoms with Gasteiger partial charge in [0.15, 0.2) is 6.61 Å². The van der Waals surface area contributed by atoms with Crippen molar-refractivity contribution in [3.8, 4) is 23.0 Å². The summed E-state index contributed by atoms with van der Waals surface area (Å²) in [6.45, 7) is 3.08. The molecule has 46 heavy (non-hydrogen) atoms. The summed E-state index contributed by atoms with van der Waals surface area (Å²) < 4.78 is 34.2. The van der Waals surface area contributed by atoms with Gasteiger partial charge in [-0.15, -0.1) is 0 Å². The van der Waals surface area contributed by atoms with Crippen LogP contribution in [0.25, 0.3) is 0 Å². The number of amides is 2. The normalized spacial score (nSPS) is 17.7. The molecule has 2 aliphatic heterocycles. The van der Waals surface area contributed by atoms with Crippen LogP contribution in [0.5, 0.6) is 23.0 Å². The van der Waals surface area contributed by atoms with E-state index >= 15 is 0 Å². The molecule has 0 aliphatic carbocycles. The molecule has 3 aromatic carbocycles. The SMILES string of the molecule is COCCCN1C(=O)COc2ccc(COC3CN(C(=O)O)CCC3c3ccc(OCCCOc4cccc(OC)c4)cc3)cc21. The fourth-order valence-corrected chi connectivity index (χ4v) is 5.73. The molecule has 2 heterocycles. The first-order valence-corrected chi connectivity index (χ1v) is 15.6. The highest BCUT2D eigenvalue weighted by Gasteiger charge is 2.33. The zero-order chi connectivity index (χ0) is 32.3. The van der Waals surface area contributed by atoms with Crippen molar-refractivity contribution in [1.82, 2.24) is 4.90 Å². The summed E-state index contributed by atoms with van der Waals surface area (Å²) in [5, 5.41) is 9.70. The highest BCUT2D eigenvalue weighted by Crippen LogP contribution is 2.35. The third-order valence-corrected chi connectivity index (χ3v) is 8.17. The van der Waals surface area contributed by atoms with Crippen LogP contribution in [0.2, 0.25) is 0 Å². The fourth-order valence-electron chi connectivity index (χ4n) is 5.73. The average molecular weight is 635 g/mol. The molecule has 0 saturated carbocycles. The minimum atomic E-state index is -0.956. The molecule has 11 nitrogen and oxygen atoms in total. The van der Waals surface area contributed by atoms with E-state index in [0.717, 1.165) is 34.8 Å². The van der Waals surface area contributed by atoms with Crippen LogP contribution in [0.15, 0.2) is 66.7 Å². The largest absolute Gasteiger partial charge is 0.497 e. The lowest BCUT2D eigenvalue weighted by Gasteiger charge is -2.37. The molecular weight excluding hydrogens is 592 g/mol. The second kappa shape index (κ2) is 16.2. The molecule has 2 amide bonds. The van der Waals surface area contributed by atoms with E-state index < -0.39 is 6.09 Å². The Balaban J connectivity index is 1.18. The number of rotatable bonds is 15. The molecule has 2 atom stereocenters. The summed E-state index contributed by atoms with van der Waals surface area (Å²) in [4.78, 5) is 27.6. The van der Waals surface area contributed by atoms with Crippen molar-refractivity contribution in [2.45, 2.75) is 37.9 Å². The molecule has 0 aromatic heterocycles. The Morgan fingerprint density at radius 2 is 1.72 bits per heavy atom. The van der Waals surface area contributed by atoms with E-state index in [9.17, 15) is 14.7 Å². The highest BCUT2D eigenvalue weighted by atomic mass is 16.5. The van der Waals surface area contributed by atoms with Gasteiger partial charge < -0.3 is 43.3 Å². The number of carboxylic acid groups (broad SMARTS) is 1. The van der Waals surface area contributed by atoms with Crippen molar-refractivity contribution in [2.75, 3.05) is 65.2 Å². The van der Waals surface area contributed by atoms with Crippen LogP contribution in [-0.2, 0) is 20.9 Å². The lowest BCUT2D eigenvalue weighted by Crippen LogP contribution is -2.46. The van der Waals surface area contributed by atoms with Crippen molar-refractivity contribution in [3.05, 3.63) is 77.9 Å². The molecule has 2 aliphatic rings. The van der Waals surface area contributed by atoms with Gasteiger partial charge in [0, 0.05) is 45.2 Å². The van der Waals surface area contributed by atoms with Crippen molar-refractivity contribution in [2.24, 2.45) is 0 Å². The maximum Gasteiger partial charge on any atom is 0.407 e. The average Bonchev–Trinajstić information content (AvgIpc) is 3.08. The number of fused-ring (bicyclic) bond motifs is 1. The highest BCUT2D eigenvalue weighted by molar-refractivity contribution is 5.97. The molecular formula is C35H42N2O9. The third-order valence-electron chi connectivity index (χ3n) is 8.17. The van der Waals surface area contributed by atoms with Crippen LogP contribution in [0.3, 0.4) is 0 Å². The summed E-state index contributed by atoms with van der Waals surface area (Å²) in [7, 11) is 3.26. The van der Waals surface area contributed by atoms with Gasteiger partial charge in [0.2, 0.25) is 0 Å². The number of ether oxygens (including phenoxy) is 6. The number of methoxy groups -OCH3 is 2. The second-order valence-electron chi connectivity index (χ2n) is 11.3. The van der Waals surface area contributed by atoms with E-state index in [0.29, 0.717) is 57.2 Å². The van der Waals surface area contributed by atoms with Gasteiger partial charge in [0.1, 0.15) is 23.0 Å². The van der Waals surface area contributed by atoms with Gasteiger partial charge in [0.05, 0.1) is 45.3 Å². The number of anilines is 1. The van der Waals surface area contributed by atoms with Crippen LogP contribution in [0, 0.1) is 0 Å². The Morgan fingerprint density at radius 1 is 0.935 bits per heavy atom.